The molecule has 0 radical (unpaired) electrons. The minimum atomic E-state index is -0.175. The minimum Gasteiger partial charge on any atom is -0.457 e. The number of pyridine rings is 1. The molecule has 0 saturated heterocycles. The first-order chi connectivity index (χ1) is 15.0. The van der Waals surface area contributed by atoms with Gasteiger partial charge < -0.3 is 10.1 Å². The molecule has 2 heterocycles. The first-order valence-electron chi connectivity index (χ1n) is 9.74. The van der Waals surface area contributed by atoms with Crippen LogP contribution in [0.15, 0.2) is 73.2 Å². The van der Waals surface area contributed by atoms with Gasteiger partial charge in [-0.2, -0.15) is 5.10 Å². The summed E-state index contributed by atoms with van der Waals surface area (Å²) in [5, 5.41) is 7.77. The highest BCUT2D eigenvalue weighted by Crippen LogP contribution is 2.28. The molecule has 1 amide bonds. The molecule has 0 aliphatic heterocycles. The molecule has 7 heteroatoms. The predicted molar refractivity (Wildman–Crippen MR) is 120 cm³/mol. The summed E-state index contributed by atoms with van der Waals surface area (Å²) >= 11 is 5.91. The molecule has 2 aromatic carbocycles. The fraction of sp³-hybridized carbons (Fsp3) is 0.125. The van der Waals surface area contributed by atoms with Crippen molar-refractivity contribution in [1.29, 1.82) is 0 Å². The lowest BCUT2D eigenvalue weighted by Crippen LogP contribution is -2.22. The minimum absolute atomic E-state index is 0.175. The molecule has 0 unspecified atom stereocenters. The molecular weight excluding hydrogens is 412 g/mol. The highest BCUT2D eigenvalue weighted by atomic mass is 35.5. The summed E-state index contributed by atoms with van der Waals surface area (Å²) < 4.78 is 7.81. The maximum Gasteiger partial charge on any atom is 0.251 e. The molecule has 156 valence electrons. The van der Waals surface area contributed by atoms with E-state index in [1.165, 1.54) is 0 Å². The van der Waals surface area contributed by atoms with Crippen molar-refractivity contribution in [2.75, 3.05) is 0 Å². The van der Waals surface area contributed by atoms with Crippen molar-refractivity contribution in [3.63, 3.8) is 0 Å². The van der Waals surface area contributed by atoms with Crippen LogP contribution in [-0.4, -0.2) is 20.7 Å². The maximum absolute atomic E-state index is 12.6. The first-order valence-corrected chi connectivity index (χ1v) is 10.1. The number of ether oxygens (including phenoxy) is 1. The molecule has 0 spiro atoms. The summed E-state index contributed by atoms with van der Waals surface area (Å²) in [6.07, 6.45) is 5.34. The number of aromatic nitrogens is 3. The van der Waals surface area contributed by atoms with Crippen LogP contribution < -0.4 is 10.1 Å². The van der Waals surface area contributed by atoms with E-state index in [4.69, 9.17) is 16.3 Å². The Morgan fingerprint density at radius 3 is 2.68 bits per heavy atom. The number of halogens is 1. The number of nitrogens with one attached hydrogen (secondary N) is 1. The number of nitrogens with zero attached hydrogens (tertiary/aromatic N) is 3. The van der Waals surface area contributed by atoms with Crippen LogP contribution in [0.4, 0.5) is 0 Å². The van der Waals surface area contributed by atoms with Crippen molar-refractivity contribution in [3.8, 4) is 22.8 Å². The Morgan fingerprint density at radius 1 is 1.13 bits per heavy atom. The van der Waals surface area contributed by atoms with Crippen LogP contribution in [0.5, 0.6) is 11.5 Å². The molecule has 4 rings (SSSR count). The Balaban J connectivity index is 1.49. The summed E-state index contributed by atoms with van der Waals surface area (Å²) in [4.78, 5) is 17.0. The number of benzene rings is 2. The van der Waals surface area contributed by atoms with Gasteiger partial charge in [0.2, 0.25) is 0 Å². The van der Waals surface area contributed by atoms with Gasteiger partial charge in [-0.25, -0.2) is 0 Å². The standard InChI is InChI=1S/C24H21ClN4O2/c1-16-3-6-18(24(30)27-13-17-4-7-20(25)8-5-17)11-23(16)31-21-9-10-26-22(12-21)19-14-28-29(2)15-19/h3-12,14-15H,13H2,1-2H3,(H,27,30). The van der Waals surface area contributed by atoms with E-state index in [1.807, 2.05) is 44.4 Å². The van der Waals surface area contributed by atoms with E-state index < -0.39 is 0 Å². The average Bonchev–Trinajstić information content (AvgIpc) is 3.21. The van der Waals surface area contributed by atoms with E-state index in [-0.39, 0.29) is 5.91 Å². The molecule has 4 aromatic rings. The molecule has 6 nitrogen and oxygen atoms in total. The maximum atomic E-state index is 12.6. The van der Waals surface area contributed by atoms with Gasteiger partial charge in [0.25, 0.3) is 5.91 Å². The Morgan fingerprint density at radius 2 is 1.94 bits per heavy atom. The van der Waals surface area contributed by atoms with Crippen molar-refractivity contribution in [2.45, 2.75) is 13.5 Å². The van der Waals surface area contributed by atoms with Gasteiger partial charge in [0.05, 0.1) is 11.9 Å². The van der Waals surface area contributed by atoms with Gasteiger partial charge in [0.15, 0.2) is 0 Å². The fourth-order valence-electron chi connectivity index (χ4n) is 3.05. The third-order valence-electron chi connectivity index (χ3n) is 4.78. The molecule has 0 atom stereocenters. The van der Waals surface area contributed by atoms with Gasteiger partial charge in [0.1, 0.15) is 11.5 Å². The number of amides is 1. The lowest BCUT2D eigenvalue weighted by Gasteiger charge is -2.12. The second-order valence-electron chi connectivity index (χ2n) is 7.17. The molecule has 0 fully saturated rings. The van der Waals surface area contributed by atoms with Crippen LogP contribution in [0, 0.1) is 6.92 Å². The summed E-state index contributed by atoms with van der Waals surface area (Å²) in [7, 11) is 1.86. The SMILES string of the molecule is Cc1ccc(C(=O)NCc2ccc(Cl)cc2)cc1Oc1ccnc(-c2cnn(C)c2)c1. The second-order valence-corrected chi connectivity index (χ2v) is 7.61. The van der Waals surface area contributed by atoms with Gasteiger partial charge >= 0.3 is 0 Å². The quantitative estimate of drug-likeness (QED) is 0.456. The van der Waals surface area contributed by atoms with E-state index in [0.29, 0.717) is 28.6 Å². The van der Waals surface area contributed by atoms with Crippen LogP contribution >= 0.6 is 11.6 Å². The molecule has 0 aliphatic carbocycles. The van der Waals surface area contributed by atoms with Gasteiger partial charge in [-0.1, -0.05) is 29.8 Å². The third-order valence-corrected chi connectivity index (χ3v) is 5.03. The van der Waals surface area contributed by atoms with Crippen LogP contribution in [0.25, 0.3) is 11.3 Å². The first kappa shape index (κ1) is 20.6. The Labute approximate surface area is 185 Å². The summed E-state index contributed by atoms with van der Waals surface area (Å²) in [6.45, 7) is 2.35. The van der Waals surface area contributed by atoms with E-state index in [0.717, 1.165) is 22.4 Å². The van der Waals surface area contributed by atoms with Crippen LogP contribution in [0.3, 0.4) is 0 Å². The van der Waals surface area contributed by atoms with Crippen molar-refractivity contribution in [1.82, 2.24) is 20.1 Å². The zero-order chi connectivity index (χ0) is 21.8. The summed E-state index contributed by atoms with van der Waals surface area (Å²) in [5.41, 5.74) is 4.09. The molecule has 0 saturated carbocycles. The van der Waals surface area contributed by atoms with E-state index in [2.05, 4.69) is 15.4 Å². The number of hydrogen-bond acceptors (Lipinski definition) is 4. The van der Waals surface area contributed by atoms with Gasteiger partial charge in [-0.3, -0.25) is 14.5 Å². The fourth-order valence-corrected chi connectivity index (χ4v) is 3.18. The number of carbonyl (C=O) groups excluding carboxylic acids is 1. The third kappa shape index (κ3) is 5.10. The summed E-state index contributed by atoms with van der Waals surface area (Å²) in [6, 6.07) is 16.4. The van der Waals surface area contributed by atoms with Crippen molar-refractivity contribution >= 4 is 17.5 Å². The van der Waals surface area contributed by atoms with Gasteiger partial charge in [-0.15, -0.1) is 0 Å². The van der Waals surface area contributed by atoms with Crippen LogP contribution in [0.1, 0.15) is 21.5 Å². The normalized spacial score (nSPS) is 10.7. The Hall–Kier alpha value is -3.64. The van der Waals surface area contributed by atoms with Gasteiger partial charge in [-0.05, 0) is 48.4 Å². The highest BCUT2D eigenvalue weighted by molar-refractivity contribution is 6.30. The number of carbonyl (C=O) groups is 1. The molecule has 1 N–H and O–H groups in total. The number of aryl methyl sites for hydroxylation is 2. The lowest BCUT2D eigenvalue weighted by atomic mass is 10.1. The van der Waals surface area contributed by atoms with Gasteiger partial charge in [0, 0.05) is 48.2 Å². The van der Waals surface area contributed by atoms with Crippen LogP contribution in [-0.2, 0) is 13.6 Å². The zero-order valence-corrected chi connectivity index (χ0v) is 17.9. The van der Waals surface area contributed by atoms with E-state index in [9.17, 15) is 4.79 Å². The highest BCUT2D eigenvalue weighted by Gasteiger charge is 2.11. The molecule has 31 heavy (non-hydrogen) atoms. The van der Waals surface area contributed by atoms with E-state index in [1.54, 1.807) is 47.4 Å². The van der Waals surface area contributed by atoms with Crippen molar-refractivity contribution in [2.24, 2.45) is 7.05 Å². The molecule has 2 aromatic heterocycles. The lowest BCUT2D eigenvalue weighted by molar-refractivity contribution is 0.0950. The second kappa shape index (κ2) is 9.02. The Bertz CT molecular complexity index is 1220. The molecular formula is C24H21ClN4O2. The molecule has 0 aliphatic rings. The predicted octanol–water partition coefficient (Wildman–Crippen LogP) is 5.17. The number of hydrogen-bond donors (Lipinski definition) is 1. The van der Waals surface area contributed by atoms with Crippen molar-refractivity contribution in [3.05, 3.63) is 94.9 Å². The Kier molecular flexibility index (Phi) is 6.00. The molecule has 0 bridgehead atoms. The zero-order valence-electron chi connectivity index (χ0n) is 17.2. The summed E-state index contributed by atoms with van der Waals surface area (Å²) in [5.74, 6) is 1.07. The van der Waals surface area contributed by atoms with E-state index >= 15 is 0 Å². The topological polar surface area (TPSA) is 69.0 Å². The monoisotopic (exact) mass is 432 g/mol. The average molecular weight is 433 g/mol. The van der Waals surface area contributed by atoms with Crippen LogP contribution in [0.2, 0.25) is 5.02 Å². The largest absolute Gasteiger partial charge is 0.457 e. The van der Waals surface area contributed by atoms with Crippen molar-refractivity contribution < 1.29 is 9.53 Å². The number of rotatable bonds is 6. The smallest absolute Gasteiger partial charge is 0.251 e.